The summed E-state index contributed by atoms with van der Waals surface area (Å²) in [5.41, 5.74) is 2.30. The van der Waals surface area contributed by atoms with Gasteiger partial charge in [0, 0.05) is 29.4 Å². The molecular formula is C25H26N6O3S. The summed E-state index contributed by atoms with van der Waals surface area (Å²) in [6, 6.07) is 20.0. The van der Waals surface area contributed by atoms with E-state index in [1.165, 1.54) is 17.3 Å². The van der Waals surface area contributed by atoms with E-state index in [-0.39, 0.29) is 12.6 Å². The highest BCUT2D eigenvalue weighted by Gasteiger charge is 2.44. The molecule has 6 rings (SSSR count). The molecular weight excluding hydrogens is 464 g/mol. The third-order valence-corrected chi connectivity index (χ3v) is 7.79. The van der Waals surface area contributed by atoms with Crippen LogP contribution < -0.4 is 5.32 Å². The molecule has 180 valence electrons. The van der Waals surface area contributed by atoms with Gasteiger partial charge in [-0.2, -0.15) is 0 Å². The van der Waals surface area contributed by atoms with Crippen LogP contribution in [0.25, 0.3) is 11.2 Å². The van der Waals surface area contributed by atoms with E-state index in [0.29, 0.717) is 34.5 Å². The van der Waals surface area contributed by atoms with Gasteiger partial charge in [0.15, 0.2) is 22.1 Å². The quantitative estimate of drug-likeness (QED) is 0.289. The van der Waals surface area contributed by atoms with E-state index < -0.39 is 24.2 Å². The molecule has 10 heteroatoms. The van der Waals surface area contributed by atoms with Crippen LogP contribution in [0.3, 0.4) is 0 Å². The van der Waals surface area contributed by atoms with Crippen molar-refractivity contribution >= 4 is 28.7 Å². The SMILES string of the molecule is OCC1CC(n2nnc3c(NC4CC4c4ccccc4)nc(Sc4ccccc4)nc32)C(O)C1O. The second kappa shape index (κ2) is 9.19. The molecule has 0 amide bonds. The molecule has 0 spiro atoms. The smallest absolute Gasteiger partial charge is 0.196 e. The molecule has 2 aromatic carbocycles. The normalized spacial score (nSPS) is 27.9. The van der Waals surface area contributed by atoms with Crippen LogP contribution in [0.1, 0.15) is 30.4 Å². The van der Waals surface area contributed by atoms with Gasteiger partial charge in [0.1, 0.15) is 6.10 Å². The Labute approximate surface area is 206 Å². The van der Waals surface area contributed by atoms with Crippen molar-refractivity contribution in [3.8, 4) is 0 Å². The molecule has 0 bridgehead atoms. The van der Waals surface area contributed by atoms with Crippen LogP contribution in [-0.4, -0.2) is 65.1 Å². The van der Waals surface area contributed by atoms with Crippen LogP contribution >= 0.6 is 11.8 Å². The number of aliphatic hydroxyl groups is 3. The number of nitrogens with one attached hydrogen (secondary N) is 1. The molecule has 2 saturated carbocycles. The van der Waals surface area contributed by atoms with Crippen molar-refractivity contribution in [1.29, 1.82) is 0 Å². The monoisotopic (exact) mass is 490 g/mol. The molecule has 6 atom stereocenters. The first-order valence-electron chi connectivity index (χ1n) is 11.8. The fraction of sp³-hybridized carbons (Fsp3) is 0.360. The van der Waals surface area contributed by atoms with E-state index >= 15 is 0 Å². The number of fused-ring (bicyclic) bond motifs is 1. The zero-order chi connectivity index (χ0) is 23.9. The summed E-state index contributed by atoms with van der Waals surface area (Å²) in [6.45, 7) is -0.208. The maximum atomic E-state index is 10.7. The lowest BCUT2D eigenvalue weighted by Crippen LogP contribution is -2.30. The first-order valence-corrected chi connectivity index (χ1v) is 12.6. The maximum Gasteiger partial charge on any atom is 0.196 e. The second-order valence-corrected chi connectivity index (χ2v) is 10.2. The van der Waals surface area contributed by atoms with Gasteiger partial charge in [0.2, 0.25) is 0 Å². The number of hydrogen-bond donors (Lipinski definition) is 4. The van der Waals surface area contributed by atoms with Gasteiger partial charge >= 0.3 is 0 Å². The van der Waals surface area contributed by atoms with Crippen LogP contribution in [-0.2, 0) is 0 Å². The molecule has 2 heterocycles. The van der Waals surface area contributed by atoms with Gasteiger partial charge in [-0.05, 0) is 42.3 Å². The maximum absolute atomic E-state index is 10.7. The van der Waals surface area contributed by atoms with Crippen molar-refractivity contribution in [3.05, 3.63) is 66.2 Å². The number of nitrogens with zero attached hydrogens (tertiary/aromatic N) is 5. The van der Waals surface area contributed by atoms with Crippen molar-refractivity contribution in [2.75, 3.05) is 11.9 Å². The molecule has 0 saturated heterocycles. The minimum atomic E-state index is -1.07. The third kappa shape index (κ3) is 4.27. The highest BCUT2D eigenvalue weighted by Crippen LogP contribution is 2.44. The van der Waals surface area contributed by atoms with Crippen molar-refractivity contribution in [1.82, 2.24) is 25.0 Å². The first-order chi connectivity index (χ1) is 17.1. The van der Waals surface area contributed by atoms with Gasteiger partial charge in [-0.25, -0.2) is 14.6 Å². The highest BCUT2D eigenvalue weighted by atomic mass is 32.2. The fourth-order valence-corrected chi connectivity index (χ4v) is 5.67. The molecule has 35 heavy (non-hydrogen) atoms. The Morgan fingerprint density at radius 3 is 2.40 bits per heavy atom. The summed E-state index contributed by atoms with van der Waals surface area (Å²) in [7, 11) is 0. The Bertz CT molecular complexity index is 1320. The fourth-order valence-electron chi connectivity index (χ4n) is 4.90. The van der Waals surface area contributed by atoms with Crippen LogP contribution in [0.4, 0.5) is 5.82 Å². The van der Waals surface area contributed by atoms with Gasteiger partial charge in [0.25, 0.3) is 0 Å². The van der Waals surface area contributed by atoms with Gasteiger partial charge < -0.3 is 20.6 Å². The van der Waals surface area contributed by atoms with E-state index in [1.807, 2.05) is 36.4 Å². The molecule has 6 unspecified atom stereocenters. The molecule has 9 nitrogen and oxygen atoms in total. The number of anilines is 1. The number of hydrogen-bond acceptors (Lipinski definition) is 9. The van der Waals surface area contributed by atoms with Crippen LogP contribution in [0.15, 0.2) is 70.7 Å². The first kappa shape index (κ1) is 22.4. The largest absolute Gasteiger partial charge is 0.396 e. The molecule has 2 aromatic heterocycles. The van der Waals surface area contributed by atoms with E-state index in [0.717, 1.165) is 11.3 Å². The highest BCUT2D eigenvalue weighted by molar-refractivity contribution is 7.99. The number of rotatable bonds is 7. The lowest BCUT2D eigenvalue weighted by Gasteiger charge is -2.17. The Balaban J connectivity index is 1.36. The van der Waals surface area contributed by atoms with Crippen molar-refractivity contribution < 1.29 is 15.3 Å². The van der Waals surface area contributed by atoms with Gasteiger partial charge in [-0.15, -0.1) is 5.10 Å². The lowest BCUT2D eigenvalue weighted by molar-refractivity contribution is -0.00512. The number of benzene rings is 2. The zero-order valence-electron chi connectivity index (χ0n) is 18.8. The second-order valence-electron chi connectivity index (χ2n) is 9.21. The predicted octanol–water partition coefficient (Wildman–Crippen LogP) is 2.62. The average Bonchev–Trinajstić information content (AvgIpc) is 3.43. The van der Waals surface area contributed by atoms with Crippen molar-refractivity contribution in [2.45, 2.75) is 53.1 Å². The molecule has 2 aliphatic carbocycles. The molecule has 0 radical (unpaired) electrons. The summed E-state index contributed by atoms with van der Waals surface area (Å²) in [4.78, 5) is 10.5. The van der Waals surface area contributed by atoms with Gasteiger partial charge in [-0.1, -0.05) is 53.7 Å². The van der Waals surface area contributed by atoms with Gasteiger partial charge in [-0.3, -0.25) is 0 Å². The topological polar surface area (TPSA) is 129 Å². The molecule has 2 fully saturated rings. The Morgan fingerprint density at radius 2 is 1.69 bits per heavy atom. The summed E-state index contributed by atoms with van der Waals surface area (Å²) in [5.74, 6) is 0.582. The standard InChI is InChI=1S/C25H26N6O3S/c32-13-15-11-19(22(34)21(15)33)31-24-20(29-30-31)23(26-18-12-17(18)14-7-3-1-4-8-14)27-25(28-24)35-16-9-5-2-6-10-16/h1-10,15,17-19,21-22,32-34H,11-13H2,(H,26,27,28). The van der Waals surface area contributed by atoms with Crippen LogP contribution in [0.2, 0.25) is 0 Å². The van der Waals surface area contributed by atoms with Crippen molar-refractivity contribution in [2.24, 2.45) is 5.92 Å². The molecule has 4 N–H and O–H groups in total. The minimum Gasteiger partial charge on any atom is -0.396 e. The minimum absolute atomic E-state index is 0.208. The molecule has 4 aromatic rings. The van der Waals surface area contributed by atoms with Crippen molar-refractivity contribution in [3.63, 3.8) is 0 Å². The Hall–Kier alpha value is -3.05. The summed E-state index contributed by atoms with van der Waals surface area (Å²) in [6.07, 6.45) is -0.722. The lowest BCUT2D eigenvalue weighted by atomic mass is 10.1. The van der Waals surface area contributed by atoms with E-state index in [9.17, 15) is 15.3 Å². The van der Waals surface area contributed by atoms with Gasteiger partial charge in [0.05, 0.1) is 12.1 Å². The predicted molar refractivity (Wildman–Crippen MR) is 131 cm³/mol. The van der Waals surface area contributed by atoms with Crippen LogP contribution in [0, 0.1) is 5.92 Å². The summed E-state index contributed by atoms with van der Waals surface area (Å²) < 4.78 is 1.57. The summed E-state index contributed by atoms with van der Waals surface area (Å²) in [5, 5.41) is 43.4. The number of aromatic nitrogens is 5. The van der Waals surface area contributed by atoms with E-state index in [2.05, 4.69) is 39.9 Å². The van der Waals surface area contributed by atoms with Crippen LogP contribution in [0.5, 0.6) is 0 Å². The summed E-state index contributed by atoms with van der Waals surface area (Å²) >= 11 is 1.44. The molecule has 2 aliphatic rings. The van der Waals surface area contributed by atoms with E-state index in [4.69, 9.17) is 9.97 Å². The molecule has 0 aliphatic heterocycles. The number of aliphatic hydroxyl groups excluding tert-OH is 3. The Kier molecular flexibility index (Phi) is 5.89. The zero-order valence-corrected chi connectivity index (χ0v) is 19.7. The average molecular weight is 491 g/mol. The third-order valence-electron chi connectivity index (χ3n) is 6.92. The Morgan fingerprint density at radius 1 is 0.943 bits per heavy atom. The van der Waals surface area contributed by atoms with E-state index in [1.54, 1.807) is 4.68 Å².